The number of Topliss-reactive ketones (excluding diaryl/α,β-unsaturated/α-hetero) is 1. The molecule has 0 saturated heterocycles. The number of sulfonamides is 1. The number of carbonyl (C=O) groups is 1. The summed E-state index contributed by atoms with van der Waals surface area (Å²) in [6.07, 6.45) is 0. The number of hydrogen-bond donors (Lipinski definition) is 2. The number of aromatic amines is 1. The molecule has 3 aromatic rings. The predicted octanol–water partition coefficient (Wildman–Crippen LogP) is 1.87. The molecule has 2 aromatic carbocycles. The lowest BCUT2D eigenvalue weighted by atomic mass is 10.2. The van der Waals surface area contributed by atoms with Gasteiger partial charge in [-0.1, -0.05) is 24.3 Å². The molecule has 0 spiro atoms. The van der Waals surface area contributed by atoms with E-state index in [-0.39, 0.29) is 10.7 Å². The van der Waals surface area contributed by atoms with E-state index in [2.05, 4.69) is 25.3 Å². The van der Waals surface area contributed by atoms with Crippen LogP contribution in [0.4, 0.5) is 5.69 Å². The minimum Gasteiger partial charge on any atom is -0.295 e. The lowest BCUT2D eigenvalue weighted by Crippen LogP contribution is -2.13. The number of carbonyl (C=O) groups excluding carboxylic acids is 1. The third-order valence-corrected chi connectivity index (χ3v) is 4.65. The molecule has 8 nitrogen and oxygen atoms in total. The van der Waals surface area contributed by atoms with Crippen molar-refractivity contribution in [1.82, 2.24) is 20.6 Å². The smallest absolute Gasteiger partial charge is 0.261 e. The van der Waals surface area contributed by atoms with Crippen molar-refractivity contribution in [2.75, 3.05) is 4.72 Å². The summed E-state index contributed by atoms with van der Waals surface area (Å²) in [4.78, 5) is 11.4. The first-order valence-corrected chi connectivity index (χ1v) is 8.42. The Morgan fingerprint density at radius 1 is 1.12 bits per heavy atom. The Balaban J connectivity index is 1.91. The molecule has 0 amide bonds. The van der Waals surface area contributed by atoms with Crippen LogP contribution in [-0.4, -0.2) is 34.8 Å². The molecular formula is C15H13N5O3S. The molecule has 0 unspecified atom stereocenters. The van der Waals surface area contributed by atoms with Crippen molar-refractivity contribution < 1.29 is 13.2 Å². The number of benzene rings is 2. The Hall–Kier alpha value is -3.07. The zero-order valence-corrected chi connectivity index (χ0v) is 13.4. The lowest BCUT2D eigenvalue weighted by molar-refractivity contribution is 0.101. The standard InChI is InChI=1S/C15H13N5O3S/c1-10(21)11-4-3-7-14(9-11)24(22,23)18-13-6-2-5-12(8-13)15-16-19-20-17-15/h2-9,18H,1H3,(H,16,17,19,20). The Labute approximate surface area is 138 Å². The zero-order chi connectivity index (χ0) is 17.2. The van der Waals surface area contributed by atoms with Gasteiger partial charge in [-0.25, -0.2) is 8.42 Å². The summed E-state index contributed by atoms with van der Waals surface area (Å²) in [6.45, 7) is 1.38. The van der Waals surface area contributed by atoms with E-state index >= 15 is 0 Å². The van der Waals surface area contributed by atoms with Crippen LogP contribution in [0.3, 0.4) is 0 Å². The van der Waals surface area contributed by atoms with E-state index in [1.54, 1.807) is 30.3 Å². The minimum absolute atomic E-state index is 0.0140. The second-order valence-electron chi connectivity index (χ2n) is 5.01. The van der Waals surface area contributed by atoms with Crippen molar-refractivity contribution in [3.63, 3.8) is 0 Å². The van der Waals surface area contributed by atoms with Gasteiger partial charge in [0.15, 0.2) is 5.78 Å². The number of rotatable bonds is 5. The molecule has 2 N–H and O–H groups in total. The summed E-state index contributed by atoms with van der Waals surface area (Å²) in [7, 11) is -3.82. The van der Waals surface area contributed by atoms with Gasteiger partial charge in [0.25, 0.3) is 10.0 Å². The van der Waals surface area contributed by atoms with E-state index in [0.717, 1.165) is 0 Å². The van der Waals surface area contributed by atoms with Crippen LogP contribution in [0, 0.1) is 0 Å². The van der Waals surface area contributed by atoms with Crippen molar-refractivity contribution in [3.8, 4) is 11.4 Å². The Morgan fingerprint density at radius 2 is 1.92 bits per heavy atom. The summed E-state index contributed by atoms with van der Waals surface area (Å²) < 4.78 is 27.5. The summed E-state index contributed by atoms with van der Waals surface area (Å²) >= 11 is 0. The maximum absolute atomic E-state index is 12.5. The highest BCUT2D eigenvalue weighted by Crippen LogP contribution is 2.21. The summed E-state index contributed by atoms with van der Waals surface area (Å²) in [6, 6.07) is 12.5. The Morgan fingerprint density at radius 3 is 2.62 bits per heavy atom. The molecule has 3 rings (SSSR count). The number of anilines is 1. The molecule has 9 heteroatoms. The Kier molecular flexibility index (Phi) is 4.09. The van der Waals surface area contributed by atoms with Crippen molar-refractivity contribution in [3.05, 3.63) is 54.1 Å². The largest absolute Gasteiger partial charge is 0.295 e. The van der Waals surface area contributed by atoms with Gasteiger partial charge in [-0.05, 0) is 36.4 Å². The fourth-order valence-corrected chi connectivity index (χ4v) is 3.20. The average molecular weight is 343 g/mol. The molecule has 24 heavy (non-hydrogen) atoms. The first-order chi connectivity index (χ1) is 11.5. The molecule has 1 heterocycles. The van der Waals surface area contributed by atoms with Crippen LogP contribution < -0.4 is 4.72 Å². The van der Waals surface area contributed by atoms with Gasteiger partial charge in [0.05, 0.1) is 4.90 Å². The van der Waals surface area contributed by atoms with Gasteiger partial charge in [-0.15, -0.1) is 10.2 Å². The van der Waals surface area contributed by atoms with Crippen molar-refractivity contribution in [2.24, 2.45) is 0 Å². The molecule has 1 aromatic heterocycles. The van der Waals surface area contributed by atoms with Gasteiger partial charge < -0.3 is 0 Å². The number of hydrogen-bond acceptors (Lipinski definition) is 6. The van der Waals surface area contributed by atoms with Crippen molar-refractivity contribution in [1.29, 1.82) is 0 Å². The van der Waals surface area contributed by atoms with Gasteiger partial charge >= 0.3 is 0 Å². The first-order valence-electron chi connectivity index (χ1n) is 6.93. The van der Waals surface area contributed by atoms with E-state index in [4.69, 9.17) is 0 Å². The van der Waals surface area contributed by atoms with Gasteiger partial charge in [0.1, 0.15) is 0 Å². The first kappa shape index (κ1) is 15.8. The maximum Gasteiger partial charge on any atom is 0.261 e. The summed E-state index contributed by atoms with van der Waals surface area (Å²) in [5.74, 6) is 0.153. The van der Waals surface area contributed by atoms with E-state index < -0.39 is 10.0 Å². The van der Waals surface area contributed by atoms with Gasteiger partial charge in [-0.2, -0.15) is 5.21 Å². The third-order valence-electron chi connectivity index (χ3n) is 3.27. The monoisotopic (exact) mass is 343 g/mol. The van der Waals surface area contributed by atoms with Gasteiger partial charge in [-0.3, -0.25) is 9.52 Å². The quantitative estimate of drug-likeness (QED) is 0.683. The summed E-state index contributed by atoms with van der Waals surface area (Å²) in [5, 5.41) is 13.5. The molecule has 0 aliphatic heterocycles. The van der Waals surface area contributed by atoms with E-state index in [1.165, 1.54) is 25.1 Å². The van der Waals surface area contributed by atoms with Crippen molar-refractivity contribution >= 4 is 21.5 Å². The highest BCUT2D eigenvalue weighted by atomic mass is 32.2. The Bertz CT molecular complexity index is 984. The highest BCUT2D eigenvalue weighted by Gasteiger charge is 2.16. The van der Waals surface area contributed by atoms with Crippen LogP contribution in [0.25, 0.3) is 11.4 Å². The summed E-state index contributed by atoms with van der Waals surface area (Å²) in [5.41, 5.74) is 1.30. The second kappa shape index (κ2) is 6.20. The minimum atomic E-state index is -3.82. The molecule has 0 atom stereocenters. The van der Waals surface area contributed by atoms with Gasteiger partial charge in [0, 0.05) is 16.8 Å². The molecule has 0 fully saturated rings. The molecule has 0 radical (unpaired) electrons. The molecule has 0 aliphatic carbocycles. The number of tetrazole rings is 1. The fourth-order valence-electron chi connectivity index (χ4n) is 2.10. The van der Waals surface area contributed by atoms with Crippen LogP contribution in [0.5, 0.6) is 0 Å². The zero-order valence-electron chi connectivity index (χ0n) is 12.6. The normalized spacial score (nSPS) is 11.2. The molecule has 0 saturated carbocycles. The number of ketones is 1. The number of H-pyrrole nitrogens is 1. The van der Waals surface area contributed by atoms with E-state index in [0.29, 0.717) is 22.6 Å². The number of nitrogens with one attached hydrogen (secondary N) is 2. The maximum atomic E-state index is 12.5. The third kappa shape index (κ3) is 3.30. The van der Waals surface area contributed by atoms with Gasteiger partial charge in [0.2, 0.25) is 5.82 Å². The number of nitrogens with zero attached hydrogens (tertiary/aromatic N) is 3. The van der Waals surface area contributed by atoms with Crippen LogP contribution >= 0.6 is 0 Å². The van der Waals surface area contributed by atoms with E-state index in [9.17, 15) is 13.2 Å². The fraction of sp³-hybridized carbons (Fsp3) is 0.0667. The van der Waals surface area contributed by atoms with E-state index in [1.807, 2.05) is 0 Å². The molecule has 122 valence electrons. The lowest BCUT2D eigenvalue weighted by Gasteiger charge is -2.09. The molecule has 0 bridgehead atoms. The highest BCUT2D eigenvalue weighted by molar-refractivity contribution is 7.92. The average Bonchev–Trinajstić information content (AvgIpc) is 3.09. The van der Waals surface area contributed by atoms with Crippen LogP contribution in [0.15, 0.2) is 53.4 Å². The number of aromatic nitrogens is 4. The molecule has 0 aliphatic rings. The second-order valence-corrected chi connectivity index (χ2v) is 6.69. The topological polar surface area (TPSA) is 118 Å². The van der Waals surface area contributed by atoms with Crippen molar-refractivity contribution in [2.45, 2.75) is 11.8 Å². The van der Waals surface area contributed by atoms with Crippen LogP contribution in [-0.2, 0) is 10.0 Å². The SMILES string of the molecule is CC(=O)c1cccc(S(=O)(=O)Nc2cccc(-c3nn[nH]n3)c2)c1. The predicted molar refractivity (Wildman–Crippen MR) is 86.9 cm³/mol. The molecular weight excluding hydrogens is 330 g/mol. The van der Waals surface area contributed by atoms with Crippen LogP contribution in [0.1, 0.15) is 17.3 Å². The van der Waals surface area contributed by atoms with Crippen LogP contribution in [0.2, 0.25) is 0 Å².